The number of halogens is 1. The summed E-state index contributed by atoms with van der Waals surface area (Å²) in [5.41, 5.74) is 4.31. The number of methoxy groups -OCH3 is 1. The lowest BCUT2D eigenvalue weighted by atomic mass is 10.1. The van der Waals surface area contributed by atoms with Gasteiger partial charge >= 0.3 is 0 Å². The number of pyridine rings is 1. The summed E-state index contributed by atoms with van der Waals surface area (Å²) in [4.78, 5) is 4.80. The Balaban J connectivity index is 1.93. The van der Waals surface area contributed by atoms with Crippen molar-refractivity contribution in [3.05, 3.63) is 71.4 Å². The third kappa shape index (κ3) is 3.17. The minimum absolute atomic E-state index is 0.0885. The van der Waals surface area contributed by atoms with Crippen LogP contribution in [0.15, 0.2) is 60.7 Å². The van der Waals surface area contributed by atoms with E-state index in [-0.39, 0.29) is 5.75 Å². The SMILES string of the molecule is COc1cc(-c2nc3cccc(C)n3c2Nc2cccc(Cl)c2)ccc1O. The molecule has 0 aliphatic heterocycles. The summed E-state index contributed by atoms with van der Waals surface area (Å²) < 4.78 is 7.31. The molecule has 2 aromatic heterocycles. The van der Waals surface area contributed by atoms with Crippen LogP contribution in [0.25, 0.3) is 16.9 Å². The van der Waals surface area contributed by atoms with E-state index in [4.69, 9.17) is 21.3 Å². The lowest BCUT2D eigenvalue weighted by Crippen LogP contribution is -1.99. The number of ether oxygens (including phenoxy) is 1. The molecule has 0 atom stereocenters. The average Bonchev–Trinajstić information content (AvgIpc) is 3.02. The van der Waals surface area contributed by atoms with Gasteiger partial charge in [-0.15, -0.1) is 0 Å². The first-order valence-corrected chi connectivity index (χ1v) is 8.82. The summed E-state index contributed by atoms with van der Waals surface area (Å²) in [5, 5.41) is 14.0. The number of phenolic OH excluding ortho intramolecular Hbond substituents is 1. The number of rotatable bonds is 4. The number of benzene rings is 2. The number of aryl methyl sites for hydroxylation is 1. The fourth-order valence-electron chi connectivity index (χ4n) is 3.10. The van der Waals surface area contributed by atoms with Gasteiger partial charge in [0.2, 0.25) is 0 Å². The van der Waals surface area contributed by atoms with Crippen molar-refractivity contribution in [2.24, 2.45) is 0 Å². The van der Waals surface area contributed by atoms with E-state index in [0.29, 0.717) is 10.8 Å². The van der Waals surface area contributed by atoms with Gasteiger partial charge in [0.05, 0.1) is 7.11 Å². The predicted octanol–water partition coefficient (Wildman–Crippen LogP) is 5.42. The van der Waals surface area contributed by atoms with Crippen LogP contribution in [0.3, 0.4) is 0 Å². The van der Waals surface area contributed by atoms with E-state index in [1.165, 1.54) is 7.11 Å². The zero-order valence-corrected chi connectivity index (χ0v) is 15.7. The molecule has 0 saturated carbocycles. The van der Waals surface area contributed by atoms with E-state index < -0.39 is 0 Å². The zero-order chi connectivity index (χ0) is 19.0. The zero-order valence-electron chi connectivity index (χ0n) is 14.9. The minimum Gasteiger partial charge on any atom is -0.504 e. The van der Waals surface area contributed by atoms with Gasteiger partial charge in [-0.25, -0.2) is 4.98 Å². The van der Waals surface area contributed by atoms with Crippen molar-refractivity contribution in [1.82, 2.24) is 9.38 Å². The summed E-state index contributed by atoms with van der Waals surface area (Å²) in [7, 11) is 1.53. The van der Waals surface area contributed by atoms with Crippen LogP contribution in [0.2, 0.25) is 5.02 Å². The van der Waals surface area contributed by atoms with E-state index in [1.54, 1.807) is 12.1 Å². The van der Waals surface area contributed by atoms with E-state index in [0.717, 1.165) is 34.1 Å². The van der Waals surface area contributed by atoms with E-state index >= 15 is 0 Å². The molecule has 0 aliphatic rings. The quantitative estimate of drug-likeness (QED) is 0.497. The second-order valence-electron chi connectivity index (χ2n) is 6.19. The molecule has 0 bridgehead atoms. The van der Waals surface area contributed by atoms with Gasteiger partial charge in [0.25, 0.3) is 0 Å². The highest BCUT2D eigenvalue weighted by molar-refractivity contribution is 6.30. The van der Waals surface area contributed by atoms with Crippen molar-refractivity contribution < 1.29 is 9.84 Å². The van der Waals surface area contributed by atoms with Crippen molar-refractivity contribution in [2.75, 3.05) is 12.4 Å². The Kier molecular flexibility index (Phi) is 4.38. The van der Waals surface area contributed by atoms with E-state index in [9.17, 15) is 5.11 Å². The number of imidazole rings is 1. The standard InChI is InChI=1S/C21H18ClN3O2/c1-13-5-3-8-19-24-20(14-9-10-17(26)18(11-14)27-2)21(25(13)19)23-16-7-4-6-15(22)12-16/h3-12,23,26H,1-2H3. The molecule has 136 valence electrons. The number of fused-ring (bicyclic) bond motifs is 1. The first-order valence-electron chi connectivity index (χ1n) is 8.45. The van der Waals surface area contributed by atoms with Crippen LogP contribution < -0.4 is 10.1 Å². The van der Waals surface area contributed by atoms with E-state index in [1.807, 2.05) is 55.5 Å². The molecule has 0 saturated heterocycles. The third-order valence-electron chi connectivity index (χ3n) is 4.38. The lowest BCUT2D eigenvalue weighted by molar-refractivity contribution is 0.373. The molecule has 0 fully saturated rings. The molecule has 2 N–H and O–H groups in total. The molecule has 0 aliphatic carbocycles. The highest BCUT2D eigenvalue weighted by Crippen LogP contribution is 2.36. The van der Waals surface area contributed by atoms with Crippen molar-refractivity contribution >= 4 is 28.8 Å². The number of phenols is 1. The van der Waals surface area contributed by atoms with Crippen molar-refractivity contribution in [2.45, 2.75) is 6.92 Å². The molecule has 27 heavy (non-hydrogen) atoms. The summed E-state index contributed by atoms with van der Waals surface area (Å²) in [6.07, 6.45) is 0. The van der Waals surface area contributed by atoms with Crippen LogP contribution >= 0.6 is 11.6 Å². The first kappa shape index (κ1) is 17.2. The number of nitrogens with one attached hydrogen (secondary N) is 1. The molecule has 0 unspecified atom stereocenters. The van der Waals surface area contributed by atoms with Gasteiger partial charge in [0.15, 0.2) is 11.5 Å². The molecule has 0 radical (unpaired) electrons. The van der Waals surface area contributed by atoms with Gasteiger partial charge in [-0.1, -0.05) is 23.7 Å². The molecular weight excluding hydrogens is 362 g/mol. The van der Waals surface area contributed by atoms with Crippen LogP contribution in [0, 0.1) is 6.92 Å². The summed E-state index contributed by atoms with van der Waals surface area (Å²) in [6, 6.07) is 18.7. The summed E-state index contributed by atoms with van der Waals surface area (Å²) >= 11 is 6.14. The number of hydrogen-bond donors (Lipinski definition) is 2. The smallest absolute Gasteiger partial charge is 0.161 e. The number of hydrogen-bond acceptors (Lipinski definition) is 4. The van der Waals surface area contributed by atoms with Crippen LogP contribution in [-0.4, -0.2) is 21.6 Å². The Bertz CT molecular complexity index is 1140. The van der Waals surface area contributed by atoms with Crippen LogP contribution in [0.4, 0.5) is 11.5 Å². The highest BCUT2D eigenvalue weighted by Gasteiger charge is 2.17. The predicted molar refractivity (Wildman–Crippen MR) is 108 cm³/mol. The maximum absolute atomic E-state index is 9.92. The Morgan fingerprint density at radius 2 is 1.89 bits per heavy atom. The van der Waals surface area contributed by atoms with E-state index in [2.05, 4.69) is 9.72 Å². The van der Waals surface area contributed by atoms with Gasteiger partial charge < -0.3 is 15.2 Å². The van der Waals surface area contributed by atoms with Gasteiger partial charge in [-0.2, -0.15) is 0 Å². The highest BCUT2D eigenvalue weighted by atomic mass is 35.5. The maximum Gasteiger partial charge on any atom is 0.161 e. The van der Waals surface area contributed by atoms with Crippen molar-refractivity contribution in [1.29, 1.82) is 0 Å². The van der Waals surface area contributed by atoms with Gasteiger partial charge in [0.1, 0.15) is 17.2 Å². The largest absolute Gasteiger partial charge is 0.504 e. The molecule has 0 amide bonds. The van der Waals surface area contributed by atoms with Gasteiger partial charge in [0, 0.05) is 22.0 Å². The normalized spacial score (nSPS) is 10.9. The van der Waals surface area contributed by atoms with Crippen molar-refractivity contribution in [3.8, 4) is 22.8 Å². The molecular formula is C21H18ClN3O2. The number of aromatic nitrogens is 2. The topological polar surface area (TPSA) is 58.8 Å². The molecule has 5 nitrogen and oxygen atoms in total. The van der Waals surface area contributed by atoms with Crippen molar-refractivity contribution in [3.63, 3.8) is 0 Å². The second-order valence-corrected chi connectivity index (χ2v) is 6.63. The Morgan fingerprint density at radius 3 is 2.67 bits per heavy atom. The maximum atomic E-state index is 9.92. The Hall–Kier alpha value is -3.18. The Morgan fingerprint density at radius 1 is 1.07 bits per heavy atom. The van der Waals surface area contributed by atoms with Crippen LogP contribution in [0.1, 0.15) is 5.69 Å². The average molecular weight is 380 g/mol. The fraction of sp³-hybridized carbons (Fsp3) is 0.0952. The van der Waals surface area contributed by atoms with Gasteiger partial charge in [-0.3, -0.25) is 4.40 Å². The Labute approximate surface area is 161 Å². The molecule has 2 heterocycles. The van der Waals surface area contributed by atoms with Gasteiger partial charge in [-0.05, 0) is 55.5 Å². The molecule has 6 heteroatoms. The molecule has 4 rings (SSSR count). The number of anilines is 2. The van der Waals surface area contributed by atoms with Crippen LogP contribution in [0.5, 0.6) is 11.5 Å². The molecule has 0 spiro atoms. The monoisotopic (exact) mass is 379 g/mol. The number of aromatic hydroxyl groups is 1. The fourth-order valence-corrected chi connectivity index (χ4v) is 3.29. The third-order valence-corrected chi connectivity index (χ3v) is 4.61. The summed E-state index contributed by atoms with van der Waals surface area (Å²) in [5.74, 6) is 1.30. The lowest BCUT2D eigenvalue weighted by Gasteiger charge is -2.12. The first-order chi connectivity index (χ1) is 13.1. The number of nitrogens with zero attached hydrogens (tertiary/aromatic N) is 2. The van der Waals surface area contributed by atoms with Crippen LogP contribution in [-0.2, 0) is 0 Å². The molecule has 4 aromatic rings. The summed E-state index contributed by atoms with van der Waals surface area (Å²) in [6.45, 7) is 2.03. The molecule has 2 aromatic carbocycles. The second kappa shape index (κ2) is 6.85. The minimum atomic E-state index is 0.0885.